The molecule has 4 nitrogen and oxygen atoms in total. The van der Waals surface area contributed by atoms with E-state index in [0.717, 1.165) is 23.6 Å². The Morgan fingerprint density at radius 1 is 1.14 bits per heavy atom. The quantitative estimate of drug-likeness (QED) is 0.909. The summed E-state index contributed by atoms with van der Waals surface area (Å²) in [7, 11) is 0. The Labute approximate surface area is 120 Å². The smallest absolute Gasteiger partial charge is 0.368 e. The number of nitrogens with two attached hydrogens (primary N) is 1. The molecule has 0 fully saturated rings. The summed E-state index contributed by atoms with van der Waals surface area (Å²) in [4.78, 5) is 6.97. The van der Waals surface area contributed by atoms with E-state index in [1.165, 1.54) is 0 Å². The molecule has 0 saturated carbocycles. The molecular formula is C14H15F3N4. The molecule has 2 aromatic rings. The second-order valence-electron chi connectivity index (χ2n) is 4.47. The maximum atomic E-state index is 12.7. The number of aromatic nitrogens is 2. The molecule has 2 rings (SSSR count). The van der Waals surface area contributed by atoms with Crippen LogP contribution in [-0.2, 0) is 19.1 Å². The molecule has 0 aliphatic carbocycles. The van der Waals surface area contributed by atoms with Gasteiger partial charge in [-0.05, 0) is 17.5 Å². The van der Waals surface area contributed by atoms with Crippen molar-refractivity contribution in [1.29, 1.82) is 0 Å². The first-order chi connectivity index (χ1) is 9.90. The van der Waals surface area contributed by atoms with Crippen LogP contribution in [-0.4, -0.2) is 9.97 Å². The molecule has 0 unspecified atom stereocenters. The lowest BCUT2D eigenvalue weighted by atomic mass is 10.1. The summed E-state index contributed by atoms with van der Waals surface area (Å²) in [5.74, 6) is -0.350. The zero-order valence-corrected chi connectivity index (χ0v) is 11.4. The van der Waals surface area contributed by atoms with Crippen LogP contribution in [0.1, 0.15) is 23.7 Å². The van der Waals surface area contributed by atoms with Gasteiger partial charge in [0, 0.05) is 12.6 Å². The number of nitrogen functional groups attached to an aromatic ring is 1. The van der Waals surface area contributed by atoms with Crippen molar-refractivity contribution in [3.05, 3.63) is 47.2 Å². The van der Waals surface area contributed by atoms with Crippen molar-refractivity contribution in [3.63, 3.8) is 0 Å². The van der Waals surface area contributed by atoms with Gasteiger partial charge in [0.05, 0.1) is 0 Å². The lowest BCUT2D eigenvalue weighted by molar-refractivity contribution is -0.141. The van der Waals surface area contributed by atoms with Crippen molar-refractivity contribution in [1.82, 2.24) is 9.97 Å². The van der Waals surface area contributed by atoms with Gasteiger partial charge in [-0.2, -0.15) is 18.2 Å². The minimum Gasteiger partial charge on any atom is -0.368 e. The highest BCUT2D eigenvalue weighted by Crippen LogP contribution is 2.29. The van der Waals surface area contributed by atoms with Gasteiger partial charge in [0.1, 0.15) is 5.82 Å². The largest absolute Gasteiger partial charge is 0.433 e. The van der Waals surface area contributed by atoms with Gasteiger partial charge in [-0.15, -0.1) is 0 Å². The van der Waals surface area contributed by atoms with E-state index in [-0.39, 0.29) is 5.82 Å². The monoisotopic (exact) mass is 296 g/mol. The Hall–Kier alpha value is -2.31. The first-order valence-electron chi connectivity index (χ1n) is 6.42. The highest BCUT2D eigenvalue weighted by Gasteiger charge is 2.33. The zero-order chi connectivity index (χ0) is 15.5. The van der Waals surface area contributed by atoms with Crippen LogP contribution in [0.2, 0.25) is 0 Å². The molecule has 1 aromatic carbocycles. The summed E-state index contributed by atoms with van der Waals surface area (Å²) >= 11 is 0. The van der Waals surface area contributed by atoms with Gasteiger partial charge in [-0.1, -0.05) is 31.2 Å². The summed E-state index contributed by atoms with van der Waals surface area (Å²) in [6, 6.07) is 8.55. The minimum absolute atomic E-state index is 0.0562. The standard InChI is InChI=1S/C14H15F3N4/c1-2-9-5-3-4-6-10(9)8-19-12-7-11(14(15,16)17)20-13(18)21-12/h3-7H,2,8H2,1H3,(H3,18,19,20,21). The van der Waals surface area contributed by atoms with E-state index in [1.54, 1.807) is 0 Å². The van der Waals surface area contributed by atoms with Gasteiger partial charge in [0.25, 0.3) is 0 Å². The normalized spacial score (nSPS) is 11.4. The average molecular weight is 296 g/mol. The van der Waals surface area contributed by atoms with Gasteiger partial charge < -0.3 is 11.1 Å². The number of hydrogen-bond donors (Lipinski definition) is 2. The third kappa shape index (κ3) is 3.84. The van der Waals surface area contributed by atoms with Gasteiger partial charge in [-0.3, -0.25) is 0 Å². The lowest BCUT2D eigenvalue weighted by Gasteiger charge is -2.12. The van der Waals surface area contributed by atoms with E-state index in [1.807, 2.05) is 31.2 Å². The molecule has 7 heteroatoms. The van der Waals surface area contributed by atoms with Crippen molar-refractivity contribution >= 4 is 11.8 Å². The molecular weight excluding hydrogens is 281 g/mol. The average Bonchev–Trinajstić information content (AvgIpc) is 2.44. The third-order valence-electron chi connectivity index (χ3n) is 2.99. The number of hydrogen-bond acceptors (Lipinski definition) is 4. The third-order valence-corrected chi connectivity index (χ3v) is 2.99. The summed E-state index contributed by atoms with van der Waals surface area (Å²) in [5.41, 5.74) is 6.40. The molecule has 0 aliphatic rings. The van der Waals surface area contributed by atoms with Crippen molar-refractivity contribution in [3.8, 4) is 0 Å². The number of benzene rings is 1. The fourth-order valence-corrected chi connectivity index (χ4v) is 1.96. The van der Waals surface area contributed by atoms with Crippen LogP contribution in [0.25, 0.3) is 0 Å². The molecule has 0 spiro atoms. The number of rotatable bonds is 4. The van der Waals surface area contributed by atoms with E-state index < -0.39 is 17.8 Å². The lowest BCUT2D eigenvalue weighted by Crippen LogP contribution is -2.13. The molecule has 3 N–H and O–H groups in total. The summed E-state index contributed by atoms with van der Waals surface area (Å²) in [6.45, 7) is 2.39. The molecule has 0 bridgehead atoms. The summed E-state index contributed by atoms with van der Waals surface area (Å²) in [6.07, 6.45) is -3.70. The predicted octanol–water partition coefficient (Wildman–Crippen LogP) is 3.25. The number of nitrogens with one attached hydrogen (secondary N) is 1. The van der Waals surface area contributed by atoms with Crippen LogP contribution >= 0.6 is 0 Å². The number of aryl methyl sites for hydroxylation is 1. The molecule has 0 saturated heterocycles. The predicted molar refractivity (Wildman–Crippen MR) is 74.6 cm³/mol. The molecule has 0 atom stereocenters. The fourth-order valence-electron chi connectivity index (χ4n) is 1.96. The minimum atomic E-state index is -4.55. The van der Waals surface area contributed by atoms with Gasteiger partial charge in [0.2, 0.25) is 5.95 Å². The Balaban J connectivity index is 2.19. The Bertz CT molecular complexity index is 626. The van der Waals surface area contributed by atoms with Gasteiger partial charge >= 0.3 is 6.18 Å². The Kier molecular flexibility index (Phi) is 4.30. The van der Waals surface area contributed by atoms with E-state index >= 15 is 0 Å². The summed E-state index contributed by atoms with van der Waals surface area (Å²) < 4.78 is 38.0. The van der Waals surface area contributed by atoms with E-state index in [0.29, 0.717) is 6.54 Å². The van der Waals surface area contributed by atoms with E-state index in [4.69, 9.17) is 5.73 Å². The molecule has 0 amide bonds. The van der Waals surface area contributed by atoms with Gasteiger partial charge in [0.15, 0.2) is 5.69 Å². The molecule has 21 heavy (non-hydrogen) atoms. The maximum Gasteiger partial charge on any atom is 0.433 e. The first-order valence-corrected chi connectivity index (χ1v) is 6.42. The van der Waals surface area contributed by atoms with E-state index in [2.05, 4.69) is 15.3 Å². The zero-order valence-electron chi connectivity index (χ0n) is 11.4. The highest BCUT2D eigenvalue weighted by atomic mass is 19.4. The van der Waals surface area contributed by atoms with Gasteiger partial charge in [-0.25, -0.2) is 4.98 Å². The van der Waals surface area contributed by atoms with Crippen LogP contribution in [0, 0.1) is 0 Å². The van der Waals surface area contributed by atoms with Crippen molar-refractivity contribution < 1.29 is 13.2 Å². The van der Waals surface area contributed by atoms with Crippen LogP contribution in [0.3, 0.4) is 0 Å². The molecule has 112 valence electrons. The highest BCUT2D eigenvalue weighted by molar-refractivity contribution is 5.42. The van der Waals surface area contributed by atoms with Crippen molar-refractivity contribution in [2.75, 3.05) is 11.1 Å². The topological polar surface area (TPSA) is 63.8 Å². The van der Waals surface area contributed by atoms with Crippen molar-refractivity contribution in [2.45, 2.75) is 26.1 Å². The Morgan fingerprint density at radius 2 is 1.81 bits per heavy atom. The van der Waals surface area contributed by atoms with Crippen LogP contribution < -0.4 is 11.1 Å². The summed E-state index contributed by atoms with van der Waals surface area (Å²) in [5, 5.41) is 2.86. The number of anilines is 2. The van der Waals surface area contributed by atoms with Crippen LogP contribution in [0.5, 0.6) is 0 Å². The second-order valence-corrected chi connectivity index (χ2v) is 4.47. The fraction of sp³-hybridized carbons (Fsp3) is 0.286. The molecule has 1 aromatic heterocycles. The number of halogens is 3. The molecule has 0 radical (unpaired) electrons. The van der Waals surface area contributed by atoms with Crippen LogP contribution in [0.15, 0.2) is 30.3 Å². The van der Waals surface area contributed by atoms with E-state index in [9.17, 15) is 13.2 Å². The van der Waals surface area contributed by atoms with Crippen molar-refractivity contribution in [2.24, 2.45) is 0 Å². The maximum absolute atomic E-state index is 12.7. The SMILES string of the molecule is CCc1ccccc1CNc1cc(C(F)(F)F)nc(N)n1. The Morgan fingerprint density at radius 3 is 2.43 bits per heavy atom. The number of nitrogens with zero attached hydrogens (tertiary/aromatic N) is 2. The van der Waals surface area contributed by atoms with Crippen LogP contribution in [0.4, 0.5) is 24.9 Å². The molecule has 0 aliphatic heterocycles. The first kappa shape index (κ1) is 15.1. The number of alkyl halides is 3. The molecule has 1 heterocycles. The second kappa shape index (κ2) is 5.99.